The van der Waals surface area contributed by atoms with Crippen LogP contribution in [-0.2, 0) is 19.6 Å². The largest absolute Gasteiger partial charge is 0.379 e. The molecule has 0 spiro atoms. The van der Waals surface area contributed by atoms with Gasteiger partial charge in [-0.2, -0.15) is 4.31 Å². The average molecular weight is 460 g/mol. The molecule has 2 N–H and O–H groups in total. The predicted molar refractivity (Wildman–Crippen MR) is 111 cm³/mol. The van der Waals surface area contributed by atoms with Gasteiger partial charge >= 0.3 is 0 Å². The van der Waals surface area contributed by atoms with Gasteiger partial charge in [0.1, 0.15) is 5.82 Å². The van der Waals surface area contributed by atoms with Gasteiger partial charge in [0, 0.05) is 19.0 Å². The molecule has 1 aliphatic heterocycles. The van der Waals surface area contributed by atoms with Crippen molar-refractivity contribution in [2.45, 2.75) is 29.8 Å². The minimum absolute atomic E-state index is 0.0617. The molecule has 29 heavy (non-hydrogen) atoms. The number of anilines is 1. The number of aromatic nitrogens is 3. The van der Waals surface area contributed by atoms with Gasteiger partial charge in [0.2, 0.25) is 21.1 Å². The first-order chi connectivity index (χ1) is 13.8. The summed E-state index contributed by atoms with van der Waals surface area (Å²) >= 11 is 7.33. The summed E-state index contributed by atoms with van der Waals surface area (Å²) < 4.78 is 32.2. The number of thioether (sulfide) groups is 1. The van der Waals surface area contributed by atoms with Crippen molar-refractivity contribution in [2.75, 3.05) is 37.4 Å². The van der Waals surface area contributed by atoms with Crippen LogP contribution in [0.3, 0.4) is 0 Å². The van der Waals surface area contributed by atoms with E-state index in [0.717, 1.165) is 5.82 Å². The highest BCUT2D eigenvalue weighted by atomic mass is 35.5. The lowest BCUT2D eigenvalue weighted by Crippen LogP contribution is -2.40. The van der Waals surface area contributed by atoms with Gasteiger partial charge in [-0.05, 0) is 18.2 Å². The fraction of sp³-hybridized carbons (Fsp3) is 0.471. The first-order valence-corrected chi connectivity index (χ1v) is 11.8. The standard InChI is InChI=1S/C17H22ClN5O4S2/c1-11(2)16-20-17(22-21-16)28-10-15(24)19-14-9-12(3-4-13(14)18)29(25,26)23-5-7-27-8-6-23/h3-4,9,11H,5-8,10H2,1-2H3,(H,19,24)(H,20,21,22). The molecular weight excluding hydrogens is 438 g/mol. The molecule has 0 saturated carbocycles. The van der Waals surface area contributed by atoms with Crippen LogP contribution in [0.25, 0.3) is 0 Å². The predicted octanol–water partition coefficient (Wildman–Crippen LogP) is 2.33. The number of benzene rings is 1. The van der Waals surface area contributed by atoms with Crippen LogP contribution in [0.1, 0.15) is 25.6 Å². The highest BCUT2D eigenvalue weighted by molar-refractivity contribution is 7.99. The monoisotopic (exact) mass is 459 g/mol. The molecule has 1 saturated heterocycles. The number of hydrogen-bond acceptors (Lipinski definition) is 7. The summed E-state index contributed by atoms with van der Waals surface area (Å²) in [4.78, 5) is 16.7. The lowest BCUT2D eigenvalue weighted by atomic mass is 10.2. The maximum atomic E-state index is 12.8. The van der Waals surface area contributed by atoms with Gasteiger partial charge in [-0.1, -0.05) is 37.2 Å². The van der Waals surface area contributed by atoms with Crippen LogP contribution >= 0.6 is 23.4 Å². The number of H-pyrrole nitrogens is 1. The van der Waals surface area contributed by atoms with Crippen LogP contribution in [-0.4, -0.2) is 65.9 Å². The van der Waals surface area contributed by atoms with E-state index in [4.69, 9.17) is 16.3 Å². The zero-order valence-electron chi connectivity index (χ0n) is 16.0. The second-order valence-corrected chi connectivity index (χ2v) is 9.94. The SMILES string of the molecule is CC(C)c1nc(SCC(=O)Nc2cc(S(=O)(=O)N3CCOCC3)ccc2Cl)n[nH]1. The lowest BCUT2D eigenvalue weighted by molar-refractivity contribution is -0.113. The van der Waals surface area contributed by atoms with Crippen LogP contribution in [0, 0.1) is 0 Å². The Morgan fingerprint density at radius 2 is 2.10 bits per heavy atom. The van der Waals surface area contributed by atoms with Gasteiger partial charge in [0.05, 0.1) is 34.6 Å². The minimum Gasteiger partial charge on any atom is -0.379 e. The van der Waals surface area contributed by atoms with Crippen molar-refractivity contribution < 1.29 is 17.9 Å². The molecule has 0 aliphatic carbocycles. The van der Waals surface area contributed by atoms with Crippen LogP contribution < -0.4 is 5.32 Å². The van der Waals surface area contributed by atoms with Crippen LogP contribution in [0.4, 0.5) is 5.69 Å². The van der Waals surface area contributed by atoms with Crippen LogP contribution in [0.5, 0.6) is 0 Å². The van der Waals surface area contributed by atoms with Crippen LogP contribution in [0.15, 0.2) is 28.3 Å². The summed E-state index contributed by atoms with van der Waals surface area (Å²) in [6.45, 7) is 5.26. The summed E-state index contributed by atoms with van der Waals surface area (Å²) in [5, 5.41) is 10.3. The van der Waals surface area contributed by atoms with Gasteiger partial charge in [-0.15, -0.1) is 5.10 Å². The molecule has 9 nitrogen and oxygen atoms in total. The third-order valence-electron chi connectivity index (χ3n) is 4.18. The highest BCUT2D eigenvalue weighted by Gasteiger charge is 2.27. The van der Waals surface area contributed by atoms with E-state index in [2.05, 4.69) is 20.5 Å². The summed E-state index contributed by atoms with van der Waals surface area (Å²) in [6, 6.07) is 4.26. The number of sulfonamides is 1. The Hall–Kier alpha value is -1.66. The highest BCUT2D eigenvalue weighted by Crippen LogP contribution is 2.28. The molecule has 2 heterocycles. The summed E-state index contributed by atoms with van der Waals surface area (Å²) in [5.74, 6) is 0.679. The molecular formula is C17H22ClN5O4S2. The van der Waals surface area contributed by atoms with Crippen molar-refractivity contribution in [1.82, 2.24) is 19.5 Å². The Morgan fingerprint density at radius 1 is 1.38 bits per heavy atom. The Labute approximate surface area is 178 Å². The number of ether oxygens (including phenoxy) is 1. The Balaban J connectivity index is 1.66. The summed E-state index contributed by atoms with van der Waals surface area (Å²) in [7, 11) is -3.68. The average Bonchev–Trinajstić information content (AvgIpc) is 3.18. The van der Waals surface area contributed by atoms with Crippen molar-refractivity contribution in [3.8, 4) is 0 Å². The van der Waals surface area contributed by atoms with Gasteiger partial charge in [0.25, 0.3) is 0 Å². The molecule has 1 aliphatic rings. The number of rotatable bonds is 7. The minimum atomic E-state index is -3.68. The molecule has 3 rings (SSSR count). The molecule has 2 aromatic rings. The number of carbonyl (C=O) groups is 1. The van der Waals surface area contributed by atoms with E-state index in [0.29, 0.717) is 31.5 Å². The molecule has 0 bridgehead atoms. The second-order valence-electron chi connectivity index (χ2n) is 6.65. The molecule has 158 valence electrons. The van der Waals surface area contributed by atoms with E-state index in [1.54, 1.807) is 0 Å². The van der Waals surface area contributed by atoms with Gasteiger partial charge < -0.3 is 10.1 Å². The molecule has 0 unspecified atom stereocenters. The van der Waals surface area contributed by atoms with Gasteiger partial charge in [-0.3, -0.25) is 9.89 Å². The third kappa shape index (κ3) is 5.48. The van der Waals surface area contributed by atoms with Gasteiger partial charge in [0.15, 0.2) is 0 Å². The molecule has 1 aromatic carbocycles. The maximum absolute atomic E-state index is 12.8. The smallest absolute Gasteiger partial charge is 0.243 e. The molecule has 0 radical (unpaired) electrons. The van der Waals surface area contributed by atoms with E-state index >= 15 is 0 Å². The van der Waals surface area contributed by atoms with Crippen molar-refractivity contribution >= 4 is 45.0 Å². The van der Waals surface area contributed by atoms with Crippen molar-refractivity contribution in [3.63, 3.8) is 0 Å². The third-order valence-corrected chi connectivity index (χ3v) is 7.25. The van der Waals surface area contributed by atoms with Crippen molar-refractivity contribution in [2.24, 2.45) is 0 Å². The molecule has 1 aromatic heterocycles. The van der Waals surface area contributed by atoms with E-state index in [-0.39, 0.29) is 33.2 Å². The van der Waals surface area contributed by atoms with E-state index < -0.39 is 10.0 Å². The van der Waals surface area contributed by atoms with Crippen molar-refractivity contribution in [3.05, 3.63) is 29.0 Å². The normalized spacial score (nSPS) is 15.6. The van der Waals surface area contributed by atoms with Crippen LogP contribution in [0.2, 0.25) is 5.02 Å². The Morgan fingerprint density at radius 3 is 2.76 bits per heavy atom. The summed E-state index contributed by atoms with van der Waals surface area (Å²) in [5.41, 5.74) is 0.240. The summed E-state index contributed by atoms with van der Waals surface area (Å²) in [6.07, 6.45) is 0. The fourth-order valence-corrected chi connectivity index (χ4v) is 4.80. The lowest BCUT2D eigenvalue weighted by Gasteiger charge is -2.26. The number of halogens is 1. The maximum Gasteiger partial charge on any atom is 0.243 e. The number of morpholine rings is 1. The number of carbonyl (C=O) groups excluding carboxylic acids is 1. The Kier molecular flexibility index (Phi) is 7.17. The quantitative estimate of drug-likeness (QED) is 0.610. The molecule has 1 amide bonds. The van der Waals surface area contributed by atoms with Gasteiger partial charge in [-0.25, -0.2) is 13.4 Å². The fourth-order valence-electron chi connectivity index (χ4n) is 2.59. The van der Waals surface area contributed by atoms with E-state index in [1.165, 1.54) is 34.3 Å². The molecule has 0 atom stereocenters. The first kappa shape index (κ1) is 22.0. The number of hydrogen-bond donors (Lipinski definition) is 2. The Bertz CT molecular complexity index is 974. The number of aromatic amines is 1. The van der Waals surface area contributed by atoms with E-state index in [1.807, 2.05) is 13.8 Å². The topological polar surface area (TPSA) is 117 Å². The number of nitrogens with one attached hydrogen (secondary N) is 2. The molecule has 1 fully saturated rings. The van der Waals surface area contributed by atoms with E-state index in [9.17, 15) is 13.2 Å². The number of amides is 1. The number of nitrogens with zero attached hydrogens (tertiary/aromatic N) is 3. The zero-order valence-corrected chi connectivity index (χ0v) is 18.4. The second kappa shape index (κ2) is 9.43. The van der Waals surface area contributed by atoms with Crippen molar-refractivity contribution in [1.29, 1.82) is 0 Å². The molecule has 12 heteroatoms. The first-order valence-electron chi connectivity index (χ1n) is 9.00. The zero-order chi connectivity index (χ0) is 21.0.